The molecule has 3 rings (SSSR count). The number of aromatic amines is 1. The predicted octanol–water partition coefficient (Wildman–Crippen LogP) is 1.38. The third-order valence-electron chi connectivity index (χ3n) is 2.90. The number of nitrogens with zero attached hydrogens (tertiary/aromatic N) is 2. The molecule has 2 aliphatic heterocycles. The Balaban J connectivity index is 1.80. The second kappa shape index (κ2) is 3.37. The largest absolute Gasteiger partial charge is 0.371 e. The Hall–Kier alpha value is -0.300. The summed E-state index contributed by atoms with van der Waals surface area (Å²) in [5.74, 6) is 1.06. The second-order valence-corrected chi connectivity index (χ2v) is 5.10. The molecule has 5 heteroatoms. The van der Waals surface area contributed by atoms with Gasteiger partial charge in [-0.3, -0.25) is 5.10 Å². The van der Waals surface area contributed by atoms with Gasteiger partial charge in [0.05, 0.1) is 15.9 Å². The van der Waals surface area contributed by atoms with E-state index in [4.69, 9.17) is 4.74 Å². The summed E-state index contributed by atoms with van der Waals surface area (Å²) in [4.78, 5) is 2.32. The van der Waals surface area contributed by atoms with Gasteiger partial charge in [-0.1, -0.05) is 0 Å². The lowest BCUT2D eigenvalue weighted by Crippen LogP contribution is -2.42. The minimum atomic E-state index is 0.433. The molecule has 14 heavy (non-hydrogen) atoms. The first-order chi connectivity index (χ1) is 6.81. The van der Waals surface area contributed by atoms with E-state index in [0.717, 1.165) is 22.6 Å². The van der Waals surface area contributed by atoms with Crippen LogP contribution in [0.25, 0.3) is 0 Å². The van der Waals surface area contributed by atoms with Crippen molar-refractivity contribution in [1.29, 1.82) is 0 Å². The summed E-state index contributed by atoms with van der Waals surface area (Å²) < 4.78 is 6.87. The molecule has 2 aliphatic rings. The predicted molar refractivity (Wildman–Crippen MR) is 61.4 cm³/mol. The van der Waals surface area contributed by atoms with Crippen molar-refractivity contribution in [2.45, 2.75) is 25.0 Å². The maximum Gasteiger partial charge on any atom is 0.151 e. The Morgan fingerprint density at radius 3 is 2.71 bits per heavy atom. The highest BCUT2D eigenvalue weighted by molar-refractivity contribution is 14.1. The maximum atomic E-state index is 5.77. The van der Waals surface area contributed by atoms with Crippen LogP contribution in [0, 0.1) is 3.70 Å². The molecule has 0 amide bonds. The molecule has 0 saturated carbocycles. The average Bonchev–Trinajstić information content (AvgIpc) is 2.73. The van der Waals surface area contributed by atoms with Gasteiger partial charge in [-0.2, -0.15) is 5.10 Å². The van der Waals surface area contributed by atoms with Crippen LogP contribution in [0.3, 0.4) is 0 Å². The molecule has 1 aromatic rings. The Morgan fingerprint density at radius 2 is 2.14 bits per heavy atom. The van der Waals surface area contributed by atoms with Crippen molar-refractivity contribution in [3.05, 3.63) is 9.77 Å². The molecular weight excluding hydrogens is 293 g/mol. The maximum absolute atomic E-state index is 5.77. The van der Waals surface area contributed by atoms with Crippen molar-refractivity contribution in [1.82, 2.24) is 10.2 Å². The lowest BCUT2D eigenvalue weighted by Gasteiger charge is -2.31. The highest BCUT2D eigenvalue weighted by Gasteiger charge is 2.34. The van der Waals surface area contributed by atoms with Crippen molar-refractivity contribution < 1.29 is 4.74 Å². The summed E-state index contributed by atoms with van der Waals surface area (Å²) in [5, 5.41) is 7.24. The first-order valence-electron chi connectivity index (χ1n) is 4.92. The van der Waals surface area contributed by atoms with Gasteiger partial charge in [0.25, 0.3) is 0 Å². The lowest BCUT2D eigenvalue weighted by atomic mass is 10.2. The van der Waals surface area contributed by atoms with E-state index in [9.17, 15) is 0 Å². The van der Waals surface area contributed by atoms with Crippen molar-refractivity contribution in [2.75, 3.05) is 18.0 Å². The van der Waals surface area contributed by atoms with Gasteiger partial charge < -0.3 is 9.64 Å². The van der Waals surface area contributed by atoms with Crippen LogP contribution in [0.1, 0.15) is 12.8 Å². The zero-order valence-electron chi connectivity index (χ0n) is 7.74. The number of nitrogens with one attached hydrogen (secondary N) is 1. The number of fused-ring (bicyclic) bond motifs is 2. The highest BCUT2D eigenvalue weighted by atomic mass is 127. The Bertz CT molecular complexity index is 329. The molecule has 2 bridgehead atoms. The van der Waals surface area contributed by atoms with E-state index in [1.165, 1.54) is 12.8 Å². The summed E-state index contributed by atoms with van der Waals surface area (Å²) in [7, 11) is 0. The molecule has 2 saturated heterocycles. The van der Waals surface area contributed by atoms with Gasteiger partial charge in [0.15, 0.2) is 5.82 Å². The quantitative estimate of drug-likeness (QED) is 0.797. The third kappa shape index (κ3) is 1.52. The lowest BCUT2D eigenvalue weighted by molar-refractivity contribution is 0.0302. The topological polar surface area (TPSA) is 41.1 Å². The molecular formula is C9H12IN3O. The van der Waals surface area contributed by atoms with E-state index < -0.39 is 0 Å². The molecule has 2 atom stereocenters. The molecule has 0 unspecified atom stereocenters. The van der Waals surface area contributed by atoms with E-state index in [1.807, 2.05) is 0 Å². The number of morpholine rings is 1. The van der Waals surface area contributed by atoms with Gasteiger partial charge in [0.1, 0.15) is 0 Å². The molecule has 1 N–H and O–H groups in total. The zero-order valence-corrected chi connectivity index (χ0v) is 9.90. The summed E-state index contributed by atoms with van der Waals surface area (Å²) >= 11 is 2.25. The number of hydrogen-bond donors (Lipinski definition) is 1. The van der Waals surface area contributed by atoms with E-state index >= 15 is 0 Å². The van der Waals surface area contributed by atoms with Crippen LogP contribution in [-0.2, 0) is 4.74 Å². The average molecular weight is 305 g/mol. The standard InChI is InChI=1S/C9H12IN3O/c10-8-3-9(12-11-8)13-4-6-1-2-7(5-13)14-6/h3,6-7H,1-2,4-5H2,(H,11,12)/t6-,7+. The molecule has 0 radical (unpaired) electrons. The Kier molecular flexibility index (Phi) is 2.16. The van der Waals surface area contributed by atoms with Gasteiger partial charge in [0.2, 0.25) is 0 Å². The van der Waals surface area contributed by atoms with Crippen LogP contribution < -0.4 is 4.90 Å². The number of ether oxygens (including phenoxy) is 1. The van der Waals surface area contributed by atoms with Crippen molar-refractivity contribution in [3.63, 3.8) is 0 Å². The van der Waals surface area contributed by atoms with Crippen LogP contribution in [0.4, 0.5) is 5.82 Å². The van der Waals surface area contributed by atoms with E-state index in [0.29, 0.717) is 12.2 Å². The minimum absolute atomic E-state index is 0.433. The van der Waals surface area contributed by atoms with Crippen LogP contribution in [0.2, 0.25) is 0 Å². The van der Waals surface area contributed by atoms with Gasteiger partial charge in [-0.15, -0.1) is 0 Å². The van der Waals surface area contributed by atoms with E-state index in [1.54, 1.807) is 0 Å². The fourth-order valence-corrected chi connectivity index (χ4v) is 2.65. The van der Waals surface area contributed by atoms with Gasteiger partial charge in [-0.05, 0) is 35.4 Å². The highest BCUT2D eigenvalue weighted by Crippen LogP contribution is 2.28. The molecule has 2 fully saturated rings. The number of rotatable bonds is 1. The molecule has 3 heterocycles. The normalized spacial score (nSPS) is 31.1. The van der Waals surface area contributed by atoms with Crippen LogP contribution in [0.5, 0.6) is 0 Å². The number of aromatic nitrogens is 2. The van der Waals surface area contributed by atoms with Crippen LogP contribution >= 0.6 is 22.6 Å². The number of anilines is 1. The molecule has 0 aromatic carbocycles. The summed E-state index contributed by atoms with van der Waals surface area (Å²) in [6.45, 7) is 1.99. The molecule has 0 spiro atoms. The smallest absolute Gasteiger partial charge is 0.151 e. The van der Waals surface area contributed by atoms with E-state index in [2.05, 4.69) is 43.8 Å². The SMILES string of the molecule is Ic1cc(N2C[C@H]3CC[C@@H](C2)O3)n[nH]1. The molecule has 1 aromatic heterocycles. The van der Waals surface area contributed by atoms with Crippen LogP contribution in [0.15, 0.2) is 6.07 Å². The number of H-pyrrole nitrogens is 1. The van der Waals surface area contributed by atoms with Gasteiger partial charge in [-0.25, -0.2) is 0 Å². The monoisotopic (exact) mass is 305 g/mol. The fourth-order valence-electron chi connectivity index (χ4n) is 2.25. The Labute approximate surface area is 96.1 Å². The van der Waals surface area contributed by atoms with Crippen molar-refractivity contribution >= 4 is 28.4 Å². The first kappa shape index (κ1) is 8.96. The third-order valence-corrected chi connectivity index (χ3v) is 3.45. The van der Waals surface area contributed by atoms with Gasteiger partial charge in [0, 0.05) is 19.2 Å². The summed E-state index contributed by atoms with van der Waals surface area (Å²) in [5.41, 5.74) is 0. The Morgan fingerprint density at radius 1 is 1.43 bits per heavy atom. The van der Waals surface area contributed by atoms with Gasteiger partial charge >= 0.3 is 0 Å². The molecule has 76 valence electrons. The summed E-state index contributed by atoms with van der Waals surface area (Å²) in [6, 6.07) is 2.09. The first-order valence-corrected chi connectivity index (χ1v) is 6.00. The van der Waals surface area contributed by atoms with E-state index in [-0.39, 0.29) is 0 Å². The van der Waals surface area contributed by atoms with Crippen molar-refractivity contribution in [3.8, 4) is 0 Å². The number of hydrogen-bond acceptors (Lipinski definition) is 3. The number of halogens is 1. The minimum Gasteiger partial charge on any atom is -0.371 e. The zero-order chi connectivity index (χ0) is 9.54. The fraction of sp³-hybridized carbons (Fsp3) is 0.667. The summed E-state index contributed by atoms with van der Waals surface area (Å²) in [6.07, 6.45) is 3.29. The van der Waals surface area contributed by atoms with Crippen LogP contribution in [-0.4, -0.2) is 35.5 Å². The molecule has 0 aliphatic carbocycles. The second-order valence-electron chi connectivity index (χ2n) is 3.94. The van der Waals surface area contributed by atoms with Crippen molar-refractivity contribution in [2.24, 2.45) is 0 Å². The molecule has 4 nitrogen and oxygen atoms in total.